The van der Waals surface area contributed by atoms with Gasteiger partial charge in [0.2, 0.25) is 0 Å². The molecule has 0 fully saturated rings. The number of carboxylic acid groups (broad SMARTS) is 1. The van der Waals surface area contributed by atoms with E-state index in [0.717, 1.165) is 0 Å². The quantitative estimate of drug-likeness (QED) is 0.755. The van der Waals surface area contributed by atoms with Gasteiger partial charge in [-0.3, -0.25) is 14.6 Å². The smallest absolute Gasteiger partial charge is 0.326 e. The average molecular weight is 301 g/mol. The van der Waals surface area contributed by atoms with Crippen LogP contribution in [0.1, 0.15) is 23.2 Å². The van der Waals surface area contributed by atoms with Crippen molar-refractivity contribution in [3.8, 4) is 0 Å². The Kier molecular flexibility index (Phi) is 5.92. The molecule has 20 heavy (non-hydrogen) atoms. The number of ether oxygens (including phenoxy) is 1. The third-order valence-electron chi connectivity index (χ3n) is 2.49. The molecule has 0 aliphatic carbocycles. The minimum absolute atomic E-state index is 0.0730. The number of rotatable bonds is 6. The van der Waals surface area contributed by atoms with Crippen LogP contribution in [0.2, 0.25) is 5.02 Å². The molecule has 1 aromatic heterocycles. The largest absolute Gasteiger partial charge is 0.480 e. The molecule has 0 aromatic carbocycles. The zero-order chi connectivity index (χ0) is 15.1. The molecule has 0 spiro atoms. The van der Waals surface area contributed by atoms with Gasteiger partial charge in [-0.25, -0.2) is 4.79 Å². The Balaban J connectivity index is 2.71. The molecule has 1 amide bonds. The first-order chi connectivity index (χ1) is 9.45. The monoisotopic (exact) mass is 300 g/mol. The Morgan fingerprint density at radius 1 is 1.50 bits per heavy atom. The molecule has 1 unspecified atom stereocenters. The maximum atomic E-state index is 11.9. The molecular weight excluding hydrogens is 288 g/mol. The zero-order valence-corrected chi connectivity index (χ0v) is 11.4. The second-order valence-corrected chi connectivity index (χ2v) is 4.24. The standard InChI is InChI=1S/C12H13ClN2O5/c1-20-10(16)3-2-9(12(18)19)15-11(17)7-4-5-14-6-8(7)13/h4-6,9H,2-3H2,1H3,(H,15,17)(H,18,19). The lowest BCUT2D eigenvalue weighted by Crippen LogP contribution is -2.41. The number of carboxylic acids is 1. The van der Waals surface area contributed by atoms with Crippen LogP contribution >= 0.6 is 11.6 Å². The SMILES string of the molecule is COC(=O)CCC(NC(=O)c1ccncc1Cl)C(=O)O. The van der Waals surface area contributed by atoms with Gasteiger partial charge in [0, 0.05) is 18.8 Å². The summed E-state index contributed by atoms with van der Waals surface area (Å²) in [5.41, 5.74) is 0.117. The van der Waals surface area contributed by atoms with Crippen LogP contribution in [0.5, 0.6) is 0 Å². The molecular formula is C12H13ClN2O5. The summed E-state index contributed by atoms with van der Waals surface area (Å²) in [4.78, 5) is 37.6. The van der Waals surface area contributed by atoms with Gasteiger partial charge < -0.3 is 15.2 Å². The number of pyridine rings is 1. The summed E-state index contributed by atoms with van der Waals surface area (Å²) in [5.74, 6) is -2.44. The lowest BCUT2D eigenvalue weighted by atomic mass is 10.1. The van der Waals surface area contributed by atoms with Crippen molar-refractivity contribution in [2.75, 3.05) is 7.11 Å². The molecule has 1 heterocycles. The van der Waals surface area contributed by atoms with Crippen molar-refractivity contribution in [2.24, 2.45) is 0 Å². The van der Waals surface area contributed by atoms with Gasteiger partial charge >= 0.3 is 11.9 Å². The molecule has 1 rings (SSSR count). The third kappa shape index (κ3) is 4.51. The van der Waals surface area contributed by atoms with Gasteiger partial charge in [0.1, 0.15) is 6.04 Å². The second kappa shape index (κ2) is 7.44. The lowest BCUT2D eigenvalue weighted by Gasteiger charge is -2.14. The van der Waals surface area contributed by atoms with Crippen LogP contribution in [0.4, 0.5) is 0 Å². The van der Waals surface area contributed by atoms with Gasteiger partial charge in [-0.05, 0) is 12.5 Å². The van der Waals surface area contributed by atoms with Gasteiger partial charge in [0.15, 0.2) is 0 Å². The highest BCUT2D eigenvalue weighted by molar-refractivity contribution is 6.33. The Labute approximate surface area is 119 Å². The van der Waals surface area contributed by atoms with E-state index in [4.69, 9.17) is 16.7 Å². The molecule has 2 N–H and O–H groups in total. The lowest BCUT2D eigenvalue weighted by molar-refractivity contribution is -0.142. The van der Waals surface area contributed by atoms with Crippen LogP contribution in [-0.2, 0) is 14.3 Å². The number of aliphatic carboxylic acids is 1. The number of esters is 1. The van der Waals surface area contributed by atoms with E-state index in [0.29, 0.717) is 0 Å². The number of halogens is 1. The number of hydrogen-bond donors (Lipinski definition) is 2. The average Bonchev–Trinajstić information content (AvgIpc) is 2.42. The molecule has 0 aliphatic rings. The van der Waals surface area contributed by atoms with Crippen molar-refractivity contribution in [1.82, 2.24) is 10.3 Å². The van der Waals surface area contributed by atoms with Crippen LogP contribution in [-0.4, -0.2) is 41.1 Å². The van der Waals surface area contributed by atoms with E-state index < -0.39 is 23.9 Å². The van der Waals surface area contributed by atoms with E-state index >= 15 is 0 Å². The molecule has 1 aromatic rings. The van der Waals surface area contributed by atoms with Crippen LogP contribution in [0.15, 0.2) is 18.5 Å². The number of methoxy groups -OCH3 is 1. The number of nitrogens with zero attached hydrogens (tertiary/aromatic N) is 1. The van der Waals surface area contributed by atoms with E-state index in [-0.39, 0.29) is 23.4 Å². The van der Waals surface area contributed by atoms with E-state index in [1.807, 2.05) is 0 Å². The number of carbonyl (C=O) groups excluding carboxylic acids is 2. The van der Waals surface area contributed by atoms with E-state index in [9.17, 15) is 14.4 Å². The van der Waals surface area contributed by atoms with Gasteiger partial charge in [-0.2, -0.15) is 0 Å². The normalized spacial score (nSPS) is 11.5. The van der Waals surface area contributed by atoms with E-state index in [1.54, 1.807) is 0 Å². The van der Waals surface area contributed by atoms with Crippen LogP contribution in [0.25, 0.3) is 0 Å². The van der Waals surface area contributed by atoms with Gasteiger partial charge in [0.05, 0.1) is 17.7 Å². The summed E-state index contributed by atoms with van der Waals surface area (Å²) in [6.07, 6.45) is 2.46. The fraction of sp³-hybridized carbons (Fsp3) is 0.333. The highest BCUT2D eigenvalue weighted by Gasteiger charge is 2.22. The Bertz CT molecular complexity index is 520. The molecule has 0 saturated heterocycles. The van der Waals surface area contributed by atoms with Crippen molar-refractivity contribution >= 4 is 29.4 Å². The Hall–Kier alpha value is -2.15. The maximum absolute atomic E-state index is 11.9. The van der Waals surface area contributed by atoms with Crippen LogP contribution in [0.3, 0.4) is 0 Å². The van der Waals surface area contributed by atoms with E-state index in [2.05, 4.69) is 15.0 Å². The summed E-state index contributed by atoms with van der Waals surface area (Å²) < 4.78 is 4.42. The molecule has 108 valence electrons. The zero-order valence-electron chi connectivity index (χ0n) is 10.6. The number of nitrogens with one attached hydrogen (secondary N) is 1. The highest BCUT2D eigenvalue weighted by Crippen LogP contribution is 2.13. The number of hydrogen-bond acceptors (Lipinski definition) is 5. The maximum Gasteiger partial charge on any atom is 0.326 e. The predicted octanol–water partition coefficient (Wildman–Crippen LogP) is 0.871. The molecule has 8 heteroatoms. The van der Waals surface area contributed by atoms with Crippen LogP contribution in [0, 0.1) is 0 Å². The minimum Gasteiger partial charge on any atom is -0.480 e. The van der Waals surface area contributed by atoms with Crippen molar-refractivity contribution in [3.63, 3.8) is 0 Å². The number of carbonyl (C=O) groups is 3. The fourth-order valence-electron chi connectivity index (χ4n) is 1.42. The van der Waals surface area contributed by atoms with Crippen LogP contribution < -0.4 is 5.32 Å². The second-order valence-electron chi connectivity index (χ2n) is 3.83. The summed E-state index contributed by atoms with van der Waals surface area (Å²) in [5, 5.41) is 11.4. The summed E-state index contributed by atoms with van der Waals surface area (Å²) in [7, 11) is 1.20. The van der Waals surface area contributed by atoms with E-state index in [1.165, 1.54) is 25.6 Å². The summed E-state index contributed by atoms with van der Waals surface area (Å²) in [6.45, 7) is 0. The Morgan fingerprint density at radius 3 is 2.75 bits per heavy atom. The molecule has 0 bridgehead atoms. The predicted molar refractivity (Wildman–Crippen MR) is 69.4 cm³/mol. The molecule has 0 saturated carbocycles. The molecule has 0 aliphatic heterocycles. The first-order valence-corrected chi connectivity index (χ1v) is 6.03. The topological polar surface area (TPSA) is 106 Å². The van der Waals surface area contributed by atoms with Gasteiger partial charge in [0.25, 0.3) is 5.91 Å². The summed E-state index contributed by atoms with van der Waals surface area (Å²) in [6, 6.07) is 0.169. The highest BCUT2D eigenvalue weighted by atomic mass is 35.5. The van der Waals surface area contributed by atoms with Crippen molar-refractivity contribution in [1.29, 1.82) is 0 Å². The Morgan fingerprint density at radius 2 is 2.20 bits per heavy atom. The number of aromatic nitrogens is 1. The first-order valence-electron chi connectivity index (χ1n) is 5.65. The van der Waals surface area contributed by atoms with Crippen molar-refractivity contribution < 1.29 is 24.2 Å². The fourth-order valence-corrected chi connectivity index (χ4v) is 1.62. The van der Waals surface area contributed by atoms with Crippen molar-refractivity contribution in [3.05, 3.63) is 29.0 Å². The van der Waals surface area contributed by atoms with Crippen molar-refractivity contribution in [2.45, 2.75) is 18.9 Å². The number of amides is 1. The third-order valence-corrected chi connectivity index (χ3v) is 2.79. The van der Waals surface area contributed by atoms with Gasteiger partial charge in [-0.1, -0.05) is 11.6 Å². The van der Waals surface area contributed by atoms with Gasteiger partial charge in [-0.15, -0.1) is 0 Å². The first kappa shape index (κ1) is 15.9. The minimum atomic E-state index is -1.24. The summed E-state index contributed by atoms with van der Waals surface area (Å²) >= 11 is 5.79. The molecule has 1 atom stereocenters. The molecule has 7 nitrogen and oxygen atoms in total. The molecule has 0 radical (unpaired) electrons.